The highest BCUT2D eigenvalue weighted by atomic mass is 16.3. The molecule has 0 radical (unpaired) electrons. The Kier molecular flexibility index (Phi) is 5.57. The molecule has 0 spiro atoms. The summed E-state index contributed by atoms with van der Waals surface area (Å²) in [5.41, 5.74) is 1.06. The molecule has 2 N–H and O–H groups in total. The molecule has 2 heteroatoms. The molecule has 0 fully saturated rings. The molecule has 0 aromatic rings. The first-order valence-electron chi connectivity index (χ1n) is 3.81. The van der Waals surface area contributed by atoms with Crippen LogP contribution in [0.15, 0.2) is 24.5 Å². The van der Waals surface area contributed by atoms with Gasteiger partial charge in [0.15, 0.2) is 0 Å². The van der Waals surface area contributed by atoms with Gasteiger partial charge in [0.05, 0.1) is 5.76 Å². The van der Waals surface area contributed by atoms with Gasteiger partial charge >= 0.3 is 0 Å². The zero-order valence-electron chi connectivity index (χ0n) is 6.84. The minimum Gasteiger partial charge on any atom is -0.513 e. The van der Waals surface area contributed by atoms with Crippen molar-refractivity contribution in [1.82, 2.24) is 0 Å². The molecule has 0 heterocycles. The molecule has 0 aliphatic carbocycles. The molecule has 0 aromatic carbocycles. The first-order chi connectivity index (χ1) is 5.16. The molecule has 0 amide bonds. The summed E-state index contributed by atoms with van der Waals surface area (Å²) in [5.74, 6) is 0.204. The SMILES string of the molecule is C=C(O)CCC(=C)CCCO. The van der Waals surface area contributed by atoms with E-state index >= 15 is 0 Å². The van der Waals surface area contributed by atoms with Crippen LogP contribution in [0.4, 0.5) is 0 Å². The second kappa shape index (κ2) is 5.98. The van der Waals surface area contributed by atoms with Crippen LogP contribution in [0.25, 0.3) is 0 Å². The van der Waals surface area contributed by atoms with Gasteiger partial charge in [-0.1, -0.05) is 18.7 Å². The van der Waals surface area contributed by atoms with E-state index in [9.17, 15) is 0 Å². The Hall–Kier alpha value is -0.760. The van der Waals surface area contributed by atoms with Gasteiger partial charge in [-0.2, -0.15) is 0 Å². The van der Waals surface area contributed by atoms with Crippen molar-refractivity contribution in [3.63, 3.8) is 0 Å². The molecule has 64 valence electrons. The third kappa shape index (κ3) is 7.13. The molecule has 0 aliphatic rings. The van der Waals surface area contributed by atoms with Crippen molar-refractivity contribution in [3.8, 4) is 0 Å². The topological polar surface area (TPSA) is 40.5 Å². The quantitative estimate of drug-likeness (QED) is 0.457. The molecular weight excluding hydrogens is 140 g/mol. The Morgan fingerprint density at radius 1 is 1.09 bits per heavy atom. The zero-order valence-corrected chi connectivity index (χ0v) is 6.84. The lowest BCUT2D eigenvalue weighted by Gasteiger charge is -2.02. The van der Waals surface area contributed by atoms with E-state index in [4.69, 9.17) is 10.2 Å². The van der Waals surface area contributed by atoms with E-state index in [0.29, 0.717) is 6.42 Å². The van der Waals surface area contributed by atoms with Crippen molar-refractivity contribution in [2.75, 3.05) is 6.61 Å². The second-order valence-electron chi connectivity index (χ2n) is 2.64. The zero-order chi connectivity index (χ0) is 8.69. The Labute approximate surface area is 67.9 Å². The number of allylic oxidation sites excluding steroid dienone is 2. The van der Waals surface area contributed by atoms with Crippen molar-refractivity contribution >= 4 is 0 Å². The third-order valence-electron chi connectivity index (χ3n) is 1.46. The van der Waals surface area contributed by atoms with Crippen LogP contribution in [0.2, 0.25) is 0 Å². The summed E-state index contributed by atoms with van der Waals surface area (Å²) >= 11 is 0. The van der Waals surface area contributed by atoms with Crippen LogP contribution in [0.3, 0.4) is 0 Å². The highest BCUT2D eigenvalue weighted by molar-refractivity contribution is 4.97. The molecule has 0 aromatic heterocycles. The van der Waals surface area contributed by atoms with Gasteiger partial charge in [-0.25, -0.2) is 0 Å². The minimum absolute atomic E-state index is 0.204. The predicted molar refractivity (Wildman–Crippen MR) is 46.5 cm³/mol. The molecular formula is C9H16O2. The second-order valence-corrected chi connectivity index (χ2v) is 2.64. The molecule has 0 saturated heterocycles. The van der Waals surface area contributed by atoms with Crippen molar-refractivity contribution in [1.29, 1.82) is 0 Å². The van der Waals surface area contributed by atoms with Crippen LogP contribution < -0.4 is 0 Å². The fourth-order valence-electron chi connectivity index (χ4n) is 0.775. The maximum atomic E-state index is 8.74. The molecule has 0 unspecified atom stereocenters. The molecule has 0 atom stereocenters. The van der Waals surface area contributed by atoms with Gasteiger partial charge in [0.25, 0.3) is 0 Å². The van der Waals surface area contributed by atoms with Gasteiger partial charge in [-0.15, -0.1) is 0 Å². The van der Waals surface area contributed by atoms with Crippen LogP contribution >= 0.6 is 0 Å². The first-order valence-corrected chi connectivity index (χ1v) is 3.81. The monoisotopic (exact) mass is 156 g/mol. The lowest BCUT2D eigenvalue weighted by molar-refractivity contribution is 0.288. The third-order valence-corrected chi connectivity index (χ3v) is 1.46. The van der Waals surface area contributed by atoms with E-state index in [0.717, 1.165) is 24.8 Å². The maximum absolute atomic E-state index is 8.74. The number of aliphatic hydroxyl groups is 2. The van der Waals surface area contributed by atoms with Gasteiger partial charge < -0.3 is 10.2 Å². The van der Waals surface area contributed by atoms with E-state index in [1.807, 2.05) is 0 Å². The van der Waals surface area contributed by atoms with Gasteiger partial charge in [-0.05, 0) is 19.3 Å². The van der Waals surface area contributed by atoms with E-state index in [-0.39, 0.29) is 12.4 Å². The highest BCUT2D eigenvalue weighted by Gasteiger charge is 1.95. The Morgan fingerprint density at radius 2 is 1.73 bits per heavy atom. The van der Waals surface area contributed by atoms with Crippen LogP contribution in [-0.4, -0.2) is 16.8 Å². The van der Waals surface area contributed by atoms with Crippen LogP contribution in [0.1, 0.15) is 25.7 Å². The Morgan fingerprint density at radius 3 is 2.18 bits per heavy atom. The lowest BCUT2D eigenvalue weighted by atomic mass is 10.1. The van der Waals surface area contributed by atoms with Gasteiger partial charge in [-0.3, -0.25) is 0 Å². The molecule has 0 saturated carbocycles. The van der Waals surface area contributed by atoms with Crippen molar-refractivity contribution in [2.45, 2.75) is 25.7 Å². The van der Waals surface area contributed by atoms with E-state index in [1.54, 1.807) is 0 Å². The smallest absolute Gasteiger partial charge is 0.0854 e. The first kappa shape index (κ1) is 10.2. The summed E-state index contributed by atoms with van der Waals surface area (Å²) in [6.45, 7) is 7.38. The molecule has 0 rings (SSSR count). The fourth-order valence-corrected chi connectivity index (χ4v) is 0.775. The van der Waals surface area contributed by atoms with E-state index < -0.39 is 0 Å². The fraction of sp³-hybridized carbons (Fsp3) is 0.556. The van der Waals surface area contributed by atoms with Crippen LogP contribution in [0.5, 0.6) is 0 Å². The van der Waals surface area contributed by atoms with Gasteiger partial charge in [0.2, 0.25) is 0 Å². The number of hydrogen-bond donors (Lipinski definition) is 2. The maximum Gasteiger partial charge on any atom is 0.0854 e. The van der Waals surface area contributed by atoms with Crippen molar-refractivity contribution in [2.24, 2.45) is 0 Å². The average Bonchev–Trinajstić information content (AvgIpc) is 1.97. The Balaban J connectivity index is 3.30. The van der Waals surface area contributed by atoms with Crippen LogP contribution in [0, 0.1) is 0 Å². The predicted octanol–water partition coefficient (Wildman–Crippen LogP) is 2.17. The Bertz CT molecular complexity index is 138. The molecule has 0 bridgehead atoms. The summed E-state index contributed by atoms with van der Waals surface area (Å²) in [5, 5.41) is 17.2. The summed E-state index contributed by atoms with van der Waals surface area (Å²) in [6, 6.07) is 0. The standard InChI is InChI=1S/C9H16O2/c1-8(4-3-7-10)5-6-9(2)11/h10-11H,1-7H2. The summed E-state index contributed by atoms with van der Waals surface area (Å²) in [4.78, 5) is 0. The highest BCUT2D eigenvalue weighted by Crippen LogP contribution is 2.11. The number of hydrogen-bond acceptors (Lipinski definition) is 2. The average molecular weight is 156 g/mol. The normalized spacial score (nSPS) is 9.55. The lowest BCUT2D eigenvalue weighted by Crippen LogP contribution is -1.88. The molecule has 2 nitrogen and oxygen atoms in total. The summed E-state index contributed by atoms with van der Waals surface area (Å²) < 4.78 is 0. The largest absolute Gasteiger partial charge is 0.513 e. The number of aliphatic hydroxyl groups excluding tert-OH is 2. The minimum atomic E-state index is 0.204. The summed E-state index contributed by atoms with van der Waals surface area (Å²) in [7, 11) is 0. The van der Waals surface area contributed by atoms with Gasteiger partial charge in [0, 0.05) is 13.0 Å². The molecule has 0 aliphatic heterocycles. The van der Waals surface area contributed by atoms with E-state index in [1.165, 1.54) is 0 Å². The number of rotatable bonds is 6. The van der Waals surface area contributed by atoms with Crippen LogP contribution in [-0.2, 0) is 0 Å². The van der Waals surface area contributed by atoms with Crippen molar-refractivity contribution in [3.05, 3.63) is 24.5 Å². The van der Waals surface area contributed by atoms with Gasteiger partial charge in [0.1, 0.15) is 0 Å². The summed E-state index contributed by atoms with van der Waals surface area (Å²) in [6.07, 6.45) is 2.96. The van der Waals surface area contributed by atoms with Crippen molar-refractivity contribution < 1.29 is 10.2 Å². The molecule has 11 heavy (non-hydrogen) atoms. The van der Waals surface area contributed by atoms with E-state index in [2.05, 4.69) is 13.2 Å².